The second kappa shape index (κ2) is 4.41. The highest BCUT2D eigenvalue weighted by molar-refractivity contribution is 6.29. The van der Waals surface area contributed by atoms with E-state index in [2.05, 4.69) is 5.32 Å². The molecule has 0 saturated carbocycles. The fourth-order valence-corrected chi connectivity index (χ4v) is 1.01. The van der Waals surface area contributed by atoms with Gasteiger partial charge in [-0.1, -0.05) is 0 Å². The minimum Gasteiger partial charge on any atom is -0.378 e. The van der Waals surface area contributed by atoms with Gasteiger partial charge in [0.15, 0.2) is 0 Å². The molecule has 0 heterocycles. The number of benzene rings is 1. The Bertz CT molecular complexity index is 330. The van der Waals surface area contributed by atoms with Crippen molar-refractivity contribution in [3.63, 3.8) is 0 Å². The van der Waals surface area contributed by atoms with Gasteiger partial charge in [0.1, 0.15) is 0 Å². The summed E-state index contributed by atoms with van der Waals surface area (Å²) in [5.41, 5.74) is 1.65. The van der Waals surface area contributed by atoms with Crippen LogP contribution in [0.2, 0.25) is 0 Å². The van der Waals surface area contributed by atoms with Crippen molar-refractivity contribution in [1.82, 2.24) is 0 Å². The maximum absolute atomic E-state index is 10.7. The van der Waals surface area contributed by atoms with E-state index in [1.165, 1.54) is 0 Å². The van der Waals surface area contributed by atoms with Gasteiger partial charge in [-0.15, -0.1) is 0 Å². The topological polar surface area (TPSA) is 49.4 Å². The molecule has 0 saturated heterocycles. The van der Waals surface area contributed by atoms with Crippen LogP contribution in [0.3, 0.4) is 0 Å². The highest BCUT2D eigenvalue weighted by atomic mass is 16.2. The molecule has 4 heteroatoms. The lowest BCUT2D eigenvalue weighted by Gasteiger charge is -2.12. The van der Waals surface area contributed by atoms with Gasteiger partial charge in [0, 0.05) is 25.5 Å². The van der Waals surface area contributed by atoms with Crippen molar-refractivity contribution in [3.8, 4) is 0 Å². The first-order valence-corrected chi connectivity index (χ1v) is 4.17. The zero-order valence-corrected chi connectivity index (χ0v) is 8.15. The molecule has 0 bridgehead atoms. The van der Waals surface area contributed by atoms with Crippen molar-refractivity contribution in [2.75, 3.05) is 24.3 Å². The largest absolute Gasteiger partial charge is 0.378 e. The van der Waals surface area contributed by atoms with Gasteiger partial charge < -0.3 is 10.2 Å². The number of hydrogen-bond acceptors (Lipinski definition) is 3. The molecule has 74 valence electrons. The summed E-state index contributed by atoms with van der Waals surface area (Å²) >= 11 is 0. The molecule has 0 aromatic heterocycles. The predicted octanol–water partition coefficient (Wildman–Crippen LogP) is 0.890. The molecule has 0 unspecified atom stereocenters. The Morgan fingerprint density at radius 2 is 1.86 bits per heavy atom. The maximum atomic E-state index is 10.7. The Morgan fingerprint density at radius 1 is 1.29 bits per heavy atom. The van der Waals surface area contributed by atoms with Crippen LogP contribution in [0.1, 0.15) is 0 Å². The molecule has 0 aliphatic heterocycles. The highest BCUT2D eigenvalue weighted by Gasteiger charge is 1.99. The van der Waals surface area contributed by atoms with Crippen LogP contribution in [-0.2, 0) is 9.59 Å². The van der Waals surface area contributed by atoms with E-state index in [-0.39, 0.29) is 6.29 Å². The van der Waals surface area contributed by atoms with E-state index in [1.54, 1.807) is 12.1 Å². The van der Waals surface area contributed by atoms with Gasteiger partial charge in [-0.25, -0.2) is 0 Å². The van der Waals surface area contributed by atoms with Crippen LogP contribution < -0.4 is 10.2 Å². The number of carbonyl (C=O) groups excluding carboxylic acids is 2. The molecule has 0 fully saturated rings. The van der Waals surface area contributed by atoms with Gasteiger partial charge in [0.05, 0.1) is 0 Å². The first-order chi connectivity index (χ1) is 6.63. The molecule has 1 aromatic carbocycles. The quantitative estimate of drug-likeness (QED) is 0.571. The van der Waals surface area contributed by atoms with Gasteiger partial charge in [-0.3, -0.25) is 9.59 Å². The van der Waals surface area contributed by atoms with E-state index in [9.17, 15) is 9.59 Å². The molecule has 0 aliphatic rings. The van der Waals surface area contributed by atoms with Crippen LogP contribution >= 0.6 is 0 Å². The molecular formula is C10H12N2O2. The molecule has 0 atom stereocenters. The summed E-state index contributed by atoms with van der Waals surface area (Å²) in [6.07, 6.45) is 0.250. The summed E-state index contributed by atoms with van der Waals surface area (Å²) in [7, 11) is 3.86. The molecule has 0 aliphatic carbocycles. The molecule has 0 radical (unpaired) electrons. The number of aldehydes is 1. The lowest BCUT2D eigenvalue weighted by atomic mass is 10.2. The fourth-order valence-electron chi connectivity index (χ4n) is 1.01. The third kappa shape index (κ3) is 2.58. The minimum atomic E-state index is -0.636. The van der Waals surface area contributed by atoms with Gasteiger partial charge in [0.25, 0.3) is 5.91 Å². The van der Waals surface area contributed by atoms with Crippen molar-refractivity contribution >= 4 is 23.6 Å². The monoisotopic (exact) mass is 192 g/mol. The zero-order valence-electron chi connectivity index (χ0n) is 8.15. The first kappa shape index (κ1) is 10.2. The van der Waals surface area contributed by atoms with Crippen LogP contribution in [-0.4, -0.2) is 26.3 Å². The van der Waals surface area contributed by atoms with Crippen molar-refractivity contribution in [2.45, 2.75) is 0 Å². The lowest BCUT2D eigenvalue weighted by Crippen LogP contribution is -2.12. The summed E-state index contributed by atoms with van der Waals surface area (Å²) in [6, 6.07) is 7.22. The van der Waals surface area contributed by atoms with Crippen LogP contribution in [0, 0.1) is 0 Å². The Morgan fingerprint density at radius 3 is 2.29 bits per heavy atom. The van der Waals surface area contributed by atoms with Crippen molar-refractivity contribution in [2.24, 2.45) is 0 Å². The number of amides is 1. The number of rotatable bonds is 3. The molecule has 1 aromatic rings. The number of hydrogen-bond donors (Lipinski definition) is 1. The molecule has 0 spiro atoms. The van der Waals surface area contributed by atoms with E-state index in [1.807, 2.05) is 31.1 Å². The third-order valence-corrected chi connectivity index (χ3v) is 1.76. The summed E-state index contributed by atoms with van der Waals surface area (Å²) in [5.74, 6) is -0.636. The lowest BCUT2D eigenvalue weighted by molar-refractivity contribution is -0.127. The zero-order chi connectivity index (χ0) is 10.6. The second-order valence-corrected chi connectivity index (χ2v) is 3.05. The minimum absolute atomic E-state index is 0.250. The van der Waals surface area contributed by atoms with E-state index in [0.717, 1.165) is 5.69 Å². The van der Waals surface area contributed by atoms with Gasteiger partial charge >= 0.3 is 0 Å². The van der Waals surface area contributed by atoms with E-state index in [0.29, 0.717) is 5.69 Å². The molecule has 1 amide bonds. The molecule has 14 heavy (non-hydrogen) atoms. The van der Waals surface area contributed by atoms with Gasteiger partial charge in [0.2, 0.25) is 6.29 Å². The molecule has 1 N–H and O–H groups in total. The summed E-state index contributed by atoms with van der Waals surface area (Å²) in [4.78, 5) is 22.7. The van der Waals surface area contributed by atoms with E-state index < -0.39 is 5.91 Å². The highest BCUT2D eigenvalue weighted by Crippen LogP contribution is 2.15. The number of anilines is 2. The van der Waals surface area contributed by atoms with Crippen LogP contribution in [0.4, 0.5) is 11.4 Å². The van der Waals surface area contributed by atoms with Crippen molar-refractivity contribution in [1.29, 1.82) is 0 Å². The number of nitrogens with zero attached hydrogens (tertiary/aromatic N) is 1. The molecule has 4 nitrogen and oxygen atoms in total. The first-order valence-electron chi connectivity index (χ1n) is 4.17. The normalized spacial score (nSPS) is 9.29. The van der Waals surface area contributed by atoms with E-state index >= 15 is 0 Å². The average Bonchev–Trinajstić information content (AvgIpc) is 2.18. The van der Waals surface area contributed by atoms with Crippen molar-refractivity contribution < 1.29 is 9.59 Å². The SMILES string of the molecule is CN(C)c1ccc(NC(=O)C=O)cc1. The number of nitrogens with one attached hydrogen (secondary N) is 1. The molecule has 1 rings (SSSR count). The predicted molar refractivity (Wildman–Crippen MR) is 55.5 cm³/mol. The Kier molecular flexibility index (Phi) is 3.23. The van der Waals surface area contributed by atoms with Crippen LogP contribution in [0.15, 0.2) is 24.3 Å². The van der Waals surface area contributed by atoms with Crippen LogP contribution in [0.5, 0.6) is 0 Å². The standard InChI is InChI=1S/C10H12N2O2/c1-12(2)9-5-3-8(4-6-9)11-10(14)7-13/h3-7H,1-2H3,(H,11,14). The second-order valence-electron chi connectivity index (χ2n) is 3.05. The maximum Gasteiger partial charge on any atom is 0.288 e. The van der Waals surface area contributed by atoms with E-state index in [4.69, 9.17) is 0 Å². The molecular weight excluding hydrogens is 180 g/mol. The van der Waals surface area contributed by atoms with Gasteiger partial charge in [-0.2, -0.15) is 0 Å². The summed E-state index contributed by atoms with van der Waals surface area (Å²) in [6.45, 7) is 0. The average molecular weight is 192 g/mol. The summed E-state index contributed by atoms with van der Waals surface area (Å²) < 4.78 is 0. The Labute approximate surface area is 82.5 Å². The smallest absolute Gasteiger partial charge is 0.288 e. The summed E-state index contributed by atoms with van der Waals surface area (Å²) in [5, 5.41) is 2.43. The van der Waals surface area contributed by atoms with Gasteiger partial charge in [-0.05, 0) is 24.3 Å². The fraction of sp³-hybridized carbons (Fsp3) is 0.200. The third-order valence-electron chi connectivity index (χ3n) is 1.76. The van der Waals surface area contributed by atoms with Crippen LogP contribution in [0.25, 0.3) is 0 Å². The number of carbonyl (C=O) groups is 2. The Hall–Kier alpha value is -1.84. The Balaban J connectivity index is 2.73. The van der Waals surface area contributed by atoms with Crippen molar-refractivity contribution in [3.05, 3.63) is 24.3 Å².